The van der Waals surface area contributed by atoms with Crippen LogP contribution in [-0.4, -0.2) is 29.6 Å². The predicted octanol–water partition coefficient (Wildman–Crippen LogP) is 1.42. The molecule has 0 spiro atoms. The highest BCUT2D eigenvalue weighted by atomic mass is 16.3. The molecule has 0 heterocycles. The number of aliphatic imine (C=N–C) groups is 1. The zero-order valence-corrected chi connectivity index (χ0v) is 8.49. The lowest BCUT2D eigenvalue weighted by atomic mass is 10.1. The second-order valence-corrected chi connectivity index (χ2v) is 3.26. The Labute approximate surface area is 83.7 Å². The minimum Gasteiger partial charge on any atom is -0.507 e. The van der Waals surface area contributed by atoms with Crippen molar-refractivity contribution in [3.05, 3.63) is 28.8 Å². The zero-order valence-electron chi connectivity index (χ0n) is 8.49. The number of phenols is 1. The summed E-state index contributed by atoms with van der Waals surface area (Å²) in [7, 11) is 0. The number of hydrogen-bond acceptors (Lipinski definition) is 3. The average Bonchev–Trinajstić information content (AvgIpc) is 2.14. The molecule has 3 heteroatoms. The van der Waals surface area contributed by atoms with E-state index in [2.05, 4.69) is 4.99 Å². The third kappa shape index (κ3) is 2.57. The fraction of sp³-hybridized carbons (Fsp3) is 0.364. The lowest BCUT2D eigenvalue weighted by Gasteiger charge is -2.04. The summed E-state index contributed by atoms with van der Waals surface area (Å²) >= 11 is 0. The van der Waals surface area contributed by atoms with Gasteiger partial charge in [0.05, 0.1) is 13.2 Å². The van der Waals surface area contributed by atoms with E-state index in [-0.39, 0.29) is 6.61 Å². The first-order valence-electron chi connectivity index (χ1n) is 4.56. The Morgan fingerprint density at radius 3 is 2.36 bits per heavy atom. The molecule has 0 amide bonds. The summed E-state index contributed by atoms with van der Waals surface area (Å²) < 4.78 is 0. The van der Waals surface area contributed by atoms with Crippen molar-refractivity contribution in [2.45, 2.75) is 13.8 Å². The van der Waals surface area contributed by atoms with Gasteiger partial charge < -0.3 is 10.2 Å². The van der Waals surface area contributed by atoms with Gasteiger partial charge in [-0.05, 0) is 42.7 Å². The van der Waals surface area contributed by atoms with E-state index in [4.69, 9.17) is 5.11 Å². The number of aliphatic hydroxyl groups is 1. The SMILES string of the molecule is Cc1cc(C=NCCO)cc(C)c1O. The van der Waals surface area contributed by atoms with Gasteiger partial charge in [-0.1, -0.05) is 0 Å². The van der Waals surface area contributed by atoms with E-state index < -0.39 is 0 Å². The van der Waals surface area contributed by atoms with Gasteiger partial charge in [0.25, 0.3) is 0 Å². The molecule has 14 heavy (non-hydrogen) atoms. The molecular weight excluding hydrogens is 178 g/mol. The monoisotopic (exact) mass is 193 g/mol. The molecule has 0 aliphatic heterocycles. The molecule has 2 N–H and O–H groups in total. The first-order chi connectivity index (χ1) is 6.65. The van der Waals surface area contributed by atoms with E-state index in [0.717, 1.165) is 16.7 Å². The van der Waals surface area contributed by atoms with Crippen molar-refractivity contribution in [3.8, 4) is 5.75 Å². The van der Waals surface area contributed by atoms with Crippen LogP contribution in [0.15, 0.2) is 17.1 Å². The second kappa shape index (κ2) is 4.77. The van der Waals surface area contributed by atoms with Gasteiger partial charge >= 0.3 is 0 Å². The largest absolute Gasteiger partial charge is 0.507 e. The van der Waals surface area contributed by atoms with Gasteiger partial charge in [-0.3, -0.25) is 4.99 Å². The number of benzene rings is 1. The fourth-order valence-electron chi connectivity index (χ4n) is 1.29. The highest BCUT2D eigenvalue weighted by Crippen LogP contribution is 2.21. The summed E-state index contributed by atoms with van der Waals surface area (Å²) in [5, 5.41) is 18.1. The molecule has 1 rings (SSSR count). The Morgan fingerprint density at radius 1 is 1.29 bits per heavy atom. The number of hydrogen-bond donors (Lipinski definition) is 2. The van der Waals surface area contributed by atoms with Crippen molar-refractivity contribution in [2.24, 2.45) is 4.99 Å². The van der Waals surface area contributed by atoms with Gasteiger partial charge in [0.1, 0.15) is 5.75 Å². The molecule has 0 saturated carbocycles. The lowest BCUT2D eigenvalue weighted by Crippen LogP contribution is -1.91. The van der Waals surface area contributed by atoms with E-state index in [9.17, 15) is 5.11 Å². The summed E-state index contributed by atoms with van der Waals surface area (Å²) in [6.07, 6.45) is 1.70. The van der Waals surface area contributed by atoms with Crippen LogP contribution in [0.4, 0.5) is 0 Å². The van der Waals surface area contributed by atoms with Crippen molar-refractivity contribution in [2.75, 3.05) is 13.2 Å². The summed E-state index contributed by atoms with van der Waals surface area (Å²) in [5.74, 6) is 0.337. The van der Waals surface area contributed by atoms with Crippen LogP contribution in [0.2, 0.25) is 0 Å². The van der Waals surface area contributed by atoms with Gasteiger partial charge in [-0.25, -0.2) is 0 Å². The number of aryl methyl sites for hydroxylation is 2. The van der Waals surface area contributed by atoms with Crippen molar-refractivity contribution in [1.82, 2.24) is 0 Å². The third-order valence-corrected chi connectivity index (χ3v) is 1.98. The molecule has 0 unspecified atom stereocenters. The summed E-state index contributed by atoms with van der Waals surface area (Å²) in [4.78, 5) is 4.02. The Balaban J connectivity index is 2.89. The first kappa shape index (κ1) is 10.7. The number of aliphatic hydroxyl groups excluding tert-OH is 1. The molecule has 3 nitrogen and oxygen atoms in total. The molecule has 0 saturated heterocycles. The van der Waals surface area contributed by atoms with E-state index in [0.29, 0.717) is 12.3 Å². The summed E-state index contributed by atoms with van der Waals surface area (Å²) in [6.45, 7) is 4.18. The first-order valence-corrected chi connectivity index (χ1v) is 4.56. The standard InChI is InChI=1S/C11H15NO2/c1-8-5-10(7-12-3-4-13)6-9(2)11(8)14/h5-7,13-14H,3-4H2,1-2H3. The maximum Gasteiger partial charge on any atom is 0.121 e. The minimum absolute atomic E-state index is 0.0621. The molecule has 0 atom stereocenters. The Hall–Kier alpha value is -1.35. The average molecular weight is 193 g/mol. The molecule has 1 aromatic rings. The van der Waals surface area contributed by atoms with Gasteiger partial charge in [0, 0.05) is 6.21 Å². The highest BCUT2D eigenvalue weighted by molar-refractivity contribution is 5.80. The molecule has 0 aliphatic carbocycles. The number of rotatable bonds is 3. The molecule has 76 valence electrons. The second-order valence-electron chi connectivity index (χ2n) is 3.26. The maximum absolute atomic E-state index is 9.52. The van der Waals surface area contributed by atoms with Crippen LogP contribution in [0.25, 0.3) is 0 Å². The van der Waals surface area contributed by atoms with Crippen LogP contribution < -0.4 is 0 Å². The topological polar surface area (TPSA) is 52.8 Å². The van der Waals surface area contributed by atoms with Gasteiger partial charge in [-0.2, -0.15) is 0 Å². The summed E-state index contributed by atoms with van der Waals surface area (Å²) in [5.41, 5.74) is 2.64. The smallest absolute Gasteiger partial charge is 0.121 e. The Bertz CT molecular complexity index is 322. The van der Waals surface area contributed by atoms with Gasteiger partial charge in [-0.15, -0.1) is 0 Å². The molecule has 0 bridgehead atoms. The van der Waals surface area contributed by atoms with Crippen molar-refractivity contribution in [1.29, 1.82) is 0 Å². The van der Waals surface area contributed by atoms with Crippen molar-refractivity contribution >= 4 is 6.21 Å². The van der Waals surface area contributed by atoms with Crippen molar-refractivity contribution < 1.29 is 10.2 Å². The minimum atomic E-state index is 0.0621. The van der Waals surface area contributed by atoms with Gasteiger partial charge in [0.2, 0.25) is 0 Å². The quantitative estimate of drug-likeness (QED) is 0.713. The fourth-order valence-corrected chi connectivity index (χ4v) is 1.29. The molecule has 0 aliphatic rings. The Morgan fingerprint density at radius 2 is 1.86 bits per heavy atom. The molecule has 0 aromatic heterocycles. The lowest BCUT2D eigenvalue weighted by molar-refractivity contribution is 0.307. The molecular formula is C11H15NO2. The van der Waals surface area contributed by atoms with E-state index in [1.807, 2.05) is 26.0 Å². The molecule has 1 aromatic carbocycles. The highest BCUT2D eigenvalue weighted by Gasteiger charge is 2.01. The van der Waals surface area contributed by atoms with E-state index in [1.54, 1.807) is 6.21 Å². The van der Waals surface area contributed by atoms with Crippen LogP contribution in [0.5, 0.6) is 5.75 Å². The van der Waals surface area contributed by atoms with E-state index >= 15 is 0 Å². The Kier molecular flexibility index (Phi) is 3.65. The maximum atomic E-state index is 9.52. The van der Waals surface area contributed by atoms with E-state index in [1.165, 1.54) is 0 Å². The molecule has 0 fully saturated rings. The van der Waals surface area contributed by atoms with Gasteiger partial charge in [0.15, 0.2) is 0 Å². The number of nitrogens with zero attached hydrogens (tertiary/aromatic N) is 1. The van der Waals surface area contributed by atoms with Crippen LogP contribution in [-0.2, 0) is 0 Å². The van der Waals surface area contributed by atoms with Crippen LogP contribution in [0.3, 0.4) is 0 Å². The third-order valence-electron chi connectivity index (χ3n) is 1.98. The zero-order chi connectivity index (χ0) is 10.6. The predicted molar refractivity (Wildman–Crippen MR) is 57.1 cm³/mol. The summed E-state index contributed by atoms with van der Waals surface area (Å²) in [6, 6.07) is 3.73. The van der Waals surface area contributed by atoms with Crippen molar-refractivity contribution in [3.63, 3.8) is 0 Å². The number of aromatic hydroxyl groups is 1. The van der Waals surface area contributed by atoms with Crippen LogP contribution in [0, 0.1) is 13.8 Å². The molecule has 0 radical (unpaired) electrons. The van der Waals surface area contributed by atoms with Crippen LogP contribution in [0.1, 0.15) is 16.7 Å². The normalized spacial score (nSPS) is 11.1. The number of phenolic OH excluding ortho intramolecular Hbond substituents is 1. The van der Waals surface area contributed by atoms with Crippen LogP contribution >= 0.6 is 0 Å².